The van der Waals surface area contributed by atoms with Crippen molar-refractivity contribution >= 4 is 68.7 Å². The van der Waals surface area contributed by atoms with E-state index in [1.807, 2.05) is 90.9 Å². The van der Waals surface area contributed by atoms with E-state index < -0.39 is 53.1 Å². The van der Waals surface area contributed by atoms with Gasteiger partial charge < -0.3 is 21.3 Å². The molecule has 1 atom stereocenters. The van der Waals surface area contributed by atoms with Gasteiger partial charge in [-0.3, -0.25) is 28.3 Å². The van der Waals surface area contributed by atoms with Crippen LogP contribution in [0.15, 0.2) is 98.1 Å². The summed E-state index contributed by atoms with van der Waals surface area (Å²) in [7, 11) is 0. The first kappa shape index (κ1) is 48.6. The van der Waals surface area contributed by atoms with Crippen molar-refractivity contribution in [3.63, 3.8) is 0 Å². The fraction of sp³-hybridized carbons (Fsp3) is 0.240. The van der Waals surface area contributed by atoms with Crippen molar-refractivity contribution in [3.8, 4) is 0 Å². The highest BCUT2D eigenvalue weighted by atomic mass is 19.4. The van der Waals surface area contributed by atoms with Crippen molar-refractivity contribution in [1.29, 1.82) is 0 Å². The van der Waals surface area contributed by atoms with Crippen molar-refractivity contribution in [1.82, 2.24) is 39.0 Å². The number of nitrogens with one attached hydrogen (secondary N) is 4. The number of carbonyl (C=O) groups excluding carboxylic acids is 4. The van der Waals surface area contributed by atoms with Crippen LogP contribution in [0.1, 0.15) is 68.0 Å². The molecular formula is C50H49F3N12O4. The summed E-state index contributed by atoms with van der Waals surface area (Å²) >= 11 is 0. The molecule has 0 aliphatic heterocycles. The van der Waals surface area contributed by atoms with Crippen LogP contribution in [0.5, 0.6) is 0 Å². The van der Waals surface area contributed by atoms with Gasteiger partial charge in [0.1, 0.15) is 23.7 Å². The lowest BCUT2D eigenvalue weighted by molar-refractivity contribution is -0.137. The van der Waals surface area contributed by atoms with Crippen LogP contribution < -0.4 is 21.3 Å². The zero-order valence-electron chi connectivity index (χ0n) is 39.2. The van der Waals surface area contributed by atoms with E-state index >= 15 is 0 Å². The highest BCUT2D eigenvalue weighted by Crippen LogP contribution is 2.38. The predicted octanol–water partition coefficient (Wildman–Crippen LogP) is 9.08. The second-order valence-electron chi connectivity index (χ2n) is 16.7. The Hall–Kier alpha value is -8.35. The first-order valence-electron chi connectivity index (χ1n) is 21.6. The van der Waals surface area contributed by atoms with Gasteiger partial charge >= 0.3 is 6.18 Å². The minimum Gasteiger partial charge on any atom is -0.324 e. The van der Waals surface area contributed by atoms with Gasteiger partial charge in [-0.2, -0.15) is 13.2 Å². The van der Waals surface area contributed by atoms with E-state index in [2.05, 4.69) is 51.2 Å². The van der Waals surface area contributed by atoms with Crippen molar-refractivity contribution in [2.45, 2.75) is 80.6 Å². The summed E-state index contributed by atoms with van der Waals surface area (Å²) in [5.41, 5.74) is 8.65. The van der Waals surface area contributed by atoms with E-state index in [9.17, 15) is 32.3 Å². The molecule has 8 aromatic rings. The molecule has 354 valence electrons. The monoisotopic (exact) mass is 938 g/mol. The summed E-state index contributed by atoms with van der Waals surface area (Å²) in [5.74, 6) is -2.72. The summed E-state index contributed by atoms with van der Waals surface area (Å²) in [5, 5.41) is 10.8. The van der Waals surface area contributed by atoms with E-state index in [0.717, 1.165) is 39.4 Å². The first-order valence-corrected chi connectivity index (χ1v) is 21.6. The van der Waals surface area contributed by atoms with Crippen LogP contribution in [0.3, 0.4) is 0 Å². The number of rotatable bonds is 10. The number of hydrogen-bond acceptors (Lipinski definition) is 10. The second-order valence-corrected chi connectivity index (χ2v) is 16.7. The number of carbonyl (C=O) groups is 4. The number of imidazole rings is 2. The van der Waals surface area contributed by atoms with E-state index in [4.69, 9.17) is 0 Å². The topological polar surface area (TPSA) is 204 Å². The molecule has 19 heteroatoms. The lowest BCUT2D eigenvalue weighted by Crippen LogP contribution is -2.36. The maximum absolute atomic E-state index is 13.8. The average Bonchev–Trinajstić information content (AvgIpc) is 3.91. The van der Waals surface area contributed by atoms with Gasteiger partial charge in [0.05, 0.1) is 35.3 Å². The molecule has 4 aromatic carbocycles. The maximum atomic E-state index is 13.8. The highest BCUT2D eigenvalue weighted by molar-refractivity contribution is 6.14. The van der Waals surface area contributed by atoms with E-state index in [-0.39, 0.29) is 11.2 Å². The van der Waals surface area contributed by atoms with E-state index in [1.54, 1.807) is 19.1 Å². The van der Waals surface area contributed by atoms with Gasteiger partial charge in [0.25, 0.3) is 23.6 Å². The van der Waals surface area contributed by atoms with Crippen LogP contribution in [0.2, 0.25) is 0 Å². The number of aromatic nitrogens is 8. The molecule has 4 aromatic heterocycles. The Morgan fingerprint density at radius 3 is 1.32 bits per heavy atom. The summed E-state index contributed by atoms with van der Waals surface area (Å²) in [6.07, 6.45) is 0.656. The molecule has 1 unspecified atom stereocenters. The SMILES string of the molecule is Cc1ccc(NC(=O)C(C(=O)Nc2ccc(C)cc2C)n2cnc3c(C)ncnc32)c(C)c1.Cc1cccc(NC(=O)C(C(=O)Nc2cccc(C)c2C(F)(F)F)n2cnc3c(C)ncnc32)c1C. The molecule has 69 heavy (non-hydrogen) atoms. The van der Waals surface area contributed by atoms with Crippen LogP contribution in [0.4, 0.5) is 35.9 Å². The number of amides is 4. The molecule has 0 aliphatic rings. The van der Waals surface area contributed by atoms with Crippen LogP contribution in [-0.4, -0.2) is 62.7 Å². The molecule has 0 radical (unpaired) electrons. The molecule has 0 saturated carbocycles. The number of nitrogens with zero attached hydrogens (tertiary/aromatic N) is 8. The molecule has 4 N–H and O–H groups in total. The Morgan fingerprint density at radius 1 is 0.478 bits per heavy atom. The van der Waals surface area contributed by atoms with Gasteiger partial charge in [0.15, 0.2) is 23.4 Å². The Morgan fingerprint density at radius 2 is 0.884 bits per heavy atom. The first-order chi connectivity index (χ1) is 32.7. The largest absolute Gasteiger partial charge is 0.418 e. The molecule has 0 bridgehead atoms. The van der Waals surface area contributed by atoms with Crippen LogP contribution in [-0.2, 0) is 25.4 Å². The van der Waals surface area contributed by atoms with E-state index in [1.165, 1.54) is 53.5 Å². The van der Waals surface area contributed by atoms with Crippen molar-refractivity contribution in [2.75, 3.05) is 21.3 Å². The summed E-state index contributed by atoms with van der Waals surface area (Å²) in [6, 6.07) is 17.7. The predicted molar refractivity (Wildman–Crippen MR) is 257 cm³/mol. The van der Waals surface area contributed by atoms with Gasteiger partial charge in [0.2, 0.25) is 0 Å². The molecule has 4 amide bonds. The maximum Gasteiger partial charge on any atom is 0.418 e. The third-order valence-corrected chi connectivity index (χ3v) is 11.6. The zero-order valence-corrected chi connectivity index (χ0v) is 39.2. The summed E-state index contributed by atoms with van der Waals surface area (Å²) in [4.78, 5) is 79.2. The fourth-order valence-corrected chi connectivity index (χ4v) is 7.81. The molecule has 4 heterocycles. The van der Waals surface area contributed by atoms with Gasteiger partial charge in [-0.05, 0) is 114 Å². The molecule has 8 rings (SSSR count). The van der Waals surface area contributed by atoms with Gasteiger partial charge in [-0.1, -0.05) is 59.7 Å². The number of hydrogen-bond donors (Lipinski definition) is 4. The van der Waals surface area contributed by atoms with Crippen LogP contribution >= 0.6 is 0 Å². The van der Waals surface area contributed by atoms with Gasteiger partial charge in [0, 0.05) is 17.1 Å². The van der Waals surface area contributed by atoms with Crippen LogP contribution in [0.25, 0.3) is 22.3 Å². The van der Waals surface area contributed by atoms with Crippen molar-refractivity contribution < 1.29 is 32.3 Å². The average molecular weight is 939 g/mol. The van der Waals surface area contributed by atoms with Crippen molar-refractivity contribution in [3.05, 3.63) is 154 Å². The smallest absolute Gasteiger partial charge is 0.324 e. The Kier molecular flexibility index (Phi) is 14.0. The third kappa shape index (κ3) is 10.5. The lowest BCUT2D eigenvalue weighted by atomic mass is 10.1. The Labute approximate surface area is 394 Å². The molecule has 0 fully saturated rings. The highest BCUT2D eigenvalue weighted by Gasteiger charge is 2.38. The number of anilines is 4. The van der Waals surface area contributed by atoms with Gasteiger partial charge in [-0.15, -0.1) is 0 Å². The van der Waals surface area contributed by atoms with Crippen LogP contribution in [0, 0.1) is 62.3 Å². The zero-order chi connectivity index (χ0) is 49.9. The minimum absolute atomic E-state index is 0.0619. The summed E-state index contributed by atoms with van der Waals surface area (Å²) in [6.45, 7) is 16.3. The standard InChI is InChI=1S/C25H23F3N6O2.C25H26N6O2/c1-13-7-5-9-17(15(13)3)32-23(35)21(34-12-31-20-16(4)29-11-30-22(20)34)24(36)33-18-10-6-8-14(2)19(18)25(26,27)28;1-14-6-8-19(16(3)10-14)29-24(32)22(25(33)30-20-9-7-15(2)11-17(20)4)31-13-28-21-18(5)26-12-27-23(21)31/h5-12,21H,1-4H3,(H,32,35)(H,33,36);6-13,22H,1-5H3,(H,29,32)(H,30,33). The van der Waals surface area contributed by atoms with E-state index in [0.29, 0.717) is 45.1 Å². The molecule has 0 spiro atoms. The Bertz CT molecular complexity index is 3220. The molecule has 0 saturated heterocycles. The van der Waals surface area contributed by atoms with Gasteiger partial charge in [-0.25, -0.2) is 29.9 Å². The second kappa shape index (κ2) is 19.9. The molecule has 16 nitrogen and oxygen atoms in total. The number of benzene rings is 4. The number of fused-ring (bicyclic) bond motifs is 2. The normalized spacial score (nSPS) is 11.8. The molecule has 0 aliphatic carbocycles. The number of alkyl halides is 3. The lowest BCUT2D eigenvalue weighted by Gasteiger charge is -2.21. The Balaban J connectivity index is 0.000000205. The molecular weight excluding hydrogens is 890 g/mol. The number of aryl methyl sites for hydroxylation is 8. The third-order valence-electron chi connectivity index (χ3n) is 11.6. The van der Waals surface area contributed by atoms with Crippen molar-refractivity contribution in [2.24, 2.45) is 0 Å². The number of halogens is 3. The fourth-order valence-electron chi connectivity index (χ4n) is 7.81. The summed E-state index contributed by atoms with van der Waals surface area (Å²) < 4.78 is 44.0. The quantitative estimate of drug-likeness (QED) is 0.0958. The minimum atomic E-state index is -4.71.